The molecule has 1 rings (SSSR count). The van der Waals surface area contributed by atoms with Crippen molar-refractivity contribution in [2.45, 2.75) is 19.8 Å². The molecule has 1 heterocycles. The zero-order valence-electron chi connectivity index (χ0n) is 10.2. The van der Waals surface area contributed by atoms with E-state index in [1.807, 2.05) is 14.1 Å². The van der Waals surface area contributed by atoms with E-state index in [-0.39, 0.29) is 0 Å². The molecule has 16 heavy (non-hydrogen) atoms. The average Bonchev–Trinajstić information content (AvgIpc) is 2.16. The van der Waals surface area contributed by atoms with Gasteiger partial charge in [0.25, 0.3) is 0 Å². The number of hydrogen-bond acceptors (Lipinski definition) is 4. The fourth-order valence-corrected chi connectivity index (χ4v) is 1.46. The lowest BCUT2D eigenvalue weighted by atomic mass is 10.2. The summed E-state index contributed by atoms with van der Waals surface area (Å²) in [6.07, 6.45) is 0. The molecule has 0 saturated carbocycles. The van der Waals surface area contributed by atoms with Crippen molar-refractivity contribution in [1.29, 1.82) is 0 Å². The summed E-state index contributed by atoms with van der Waals surface area (Å²) in [5.74, 6) is 1.73. The Kier molecular flexibility index (Phi) is 5.15. The van der Waals surface area contributed by atoms with Crippen molar-refractivity contribution in [2.75, 3.05) is 27.2 Å². The molecule has 0 aliphatic rings. The van der Waals surface area contributed by atoms with Gasteiger partial charge in [0, 0.05) is 18.5 Å². The van der Waals surface area contributed by atoms with E-state index in [0.29, 0.717) is 18.4 Å². The molecule has 1 aromatic rings. The predicted molar refractivity (Wildman–Crippen MR) is 67.9 cm³/mol. The molecule has 0 bridgehead atoms. The topological polar surface area (TPSA) is 38.2 Å². The highest BCUT2D eigenvalue weighted by molar-refractivity contribution is 9.10. The quantitative estimate of drug-likeness (QED) is 0.779. The predicted octanol–water partition coefficient (Wildman–Crippen LogP) is 2.30. The summed E-state index contributed by atoms with van der Waals surface area (Å²) >= 11 is 3.36. The van der Waals surface area contributed by atoms with Gasteiger partial charge in [-0.15, -0.1) is 0 Å². The summed E-state index contributed by atoms with van der Waals surface area (Å²) in [6.45, 7) is 5.63. The van der Waals surface area contributed by atoms with Crippen molar-refractivity contribution in [1.82, 2.24) is 14.9 Å². The number of likely N-dealkylation sites (N-methyl/N-ethyl adjacent to an activating group) is 1. The van der Waals surface area contributed by atoms with Gasteiger partial charge in [-0.2, -0.15) is 4.98 Å². The van der Waals surface area contributed by atoms with Crippen LogP contribution in [0.3, 0.4) is 0 Å². The van der Waals surface area contributed by atoms with Crippen LogP contribution < -0.4 is 4.74 Å². The van der Waals surface area contributed by atoms with Crippen LogP contribution in [0.5, 0.6) is 5.88 Å². The second-order valence-electron chi connectivity index (χ2n) is 4.19. The molecule has 0 aromatic carbocycles. The van der Waals surface area contributed by atoms with Crippen LogP contribution in [-0.2, 0) is 0 Å². The summed E-state index contributed by atoms with van der Waals surface area (Å²) in [7, 11) is 4.03. The number of rotatable bonds is 5. The first-order valence-corrected chi connectivity index (χ1v) is 6.10. The van der Waals surface area contributed by atoms with E-state index in [0.717, 1.165) is 17.0 Å². The first-order chi connectivity index (χ1) is 7.49. The molecule has 0 saturated heterocycles. The first kappa shape index (κ1) is 13.4. The Balaban J connectivity index is 2.65. The molecular formula is C11H18BrN3O. The van der Waals surface area contributed by atoms with Crippen LogP contribution in [0.2, 0.25) is 0 Å². The van der Waals surface area contributed by atoms with E-state index in [4.69, 9.17) is 4.74 Å². The van der Waals surface area contributed by atoms with Gasteiger partial charge in [-0.1, -0.05) is 13.8 Å². The lowest BCUT2D eigenvalue weighted by Crippen LogP contribution is -2.19. The molecule has 1 aromatic heterocycles. The molecule has 0 unspecified atom stereocenters. The molecule has 0 amide bonds. The molecule has 0 fully saturated rings. The second kappa shape index (κ2) is 6.15. The smallest absolute Gasteiger partial charge is 0.217 e. The minimum Gasteiger partial charge on any atom is -0.476 e. The monoisotopic (exact) mass is 287 g/mol. The van der Waals surface area contributed by atoms with Crippen molar-refractivity contribution in [3.8, 4) is 5.88 Å². The maximum absolute atomic E-state index is 5.57. The van der Waals surface area contributed by atoms with Crippen LogP contribution in [0.4, 0.5) is 0 Å². The van der Waals surface area contributed by atoms with Gasteiger partial charge in [0.15, 0.2) is 0 Å². The zero-order valence-corrected chi connectivity index (χ0v) is 11.8. The number of nitrogens with zero attached hydrogens (tertiary/aromatic N) is 3. The van der Waals surface area contributed by atoms with Crippen LogP contribution in [0.25, 0.3) is 0 Å². The summed E-state index contributed by atoms with van der Waals surface area (Å²) < 4.78 is 6.34. The molecule has 90 valence electrons. The standard InChI is InChI=1S/C11H18BrN3O/c1-8(2)11-13-9(12)7-10(14-11)16-6-5-15(3)4/h7-8H,5-6H2,1-4H3. The Morgan fingerprint density at radius 2 is 2.06 bits per heavy atom. The van der Waals surface area contributed by atoms with Crippen LogP contribution in [0, 0.1) is 0 Å². The van der Waals surface area contributed by atoms with Gasteiger partial charge in [-0.25, -0.2) is 4.98 Å². The van der Waals surface area contributed by atoms with E-state index in [2.05, 4.69) is 44.6 Å². The summed E-state index contributed by atoms with van der Waals surface area (Å²) in [4.78, 5) is 10.7. The Labute approximate surface area is 105 Å². The fraction of sp³-hybridized carbons (Fsp3) is 0.636. The Morgan fingerprint density at radius 1 is 1.38 bits per heavy atom. The largest absolute Gasteiger partial charge is 0.476 e. The minimum absolute atomic E-state index is 0.300. The molecule has 0 N–H and O–H groups in total. The number of aromatic nitrogens is 2. The summed E-state index contributed by atoms with van der Waals surface area (Å²) in [5, 5.41) is 0. The third-order valence-corrected chi connectivity index (χ3v) is 2.40. The number of hydrogen-bond donors (Lipinski definition) is 0. The van der Waals surface area contributed by atoms with Gasteiger partial charge >= 0.3 is 0 Å². The average molecular weight is 288 g/mol. The molecule has 5 heteroatoms. The third kappa shape index (κ3) is 4.45. The lowest BCUT2D eigenvalue weighted by Gasteiger charge is -2.11. The SMILES string of the molecule is CC(C)c1nc(Br)cc(OCCN(C)C)n1. The normalized spacial score (nSPS) is 11.2. The van der Waals surface area contributed by atoms with Crippen LogP contribution in [0.1, 0.15) is 25.6 Å². The van der Waals surface area contributed by atoms with E-state index in [1.54, 1.807) is 6.07 Å². The highest BCUT2D eigenvalue weighted by atomic mass is 79.9. The van der Waals surface area contributed by atoms with E-state index < -0.39 is 0 Å². The van der Waals surface area contributed by atoms with Crippen molar-refractivity contribution < 1.29 is 4.74 Å². The fourth-order valence-electron chi connectivity index (χ4n) is 1.08. The Morgan fingerprint density at radius 3 is 2.62 bits per heavy atom. The van der Waals surface area contributed by atoms with Gasteiger partial charge < -0.3 is 9.64 Å². The number of halogens is 1. The third-order valence-electron chi connectivity index (χ3n) is 1.99. The maximum Gasteiger partial charge on any atom is 0.217 e. The molecule has 0 aliphatic heterocycles. The maximum atomic E-state index is 5.57. The van der Waals surface area contributed by atoms with Gasteiger partial charge in [0.05, 0.1) is 0 Å². The van der Waals surface area contributed by atoms with Gasteiger partial charge in [-0.3, -0.25) is 0 Å². The molecule has 0 atom stereocenters. The van der Waals surface area contributed by atoms with E-state index in [9.17, 15) is 0 Å². The molecular weight excluding hydrogens is 270 g/mol. The Hall–Kier alpha value is -0.680. The number of ether oxygens (including phenoxy) is 1. The molecule has 0 radical (unpaired) electrons. The highest BCUT2D eigenvalue weighted by Crippen LogP contribution is 2.18. The van der Waals surface area contributed by atoms with Crippen molar-refractivity contribution in [3.05, 3.63) is 16.5 Å². The Bertz CT molecular complexity index is 342. The highest BCUT2D eigenvalue weighted by Gasteiger charge is 2.07. The van der Waals surface area contributed by atoms with Crippen LogP contribution in [-0.4, -0.2) is 42.1 Å². The van der Waals surface area contributed by atoms with Crippen molar-refractivity contribution >= 4 is 15.9 Å². The molecule has 0 aliphatic carbocycles. The second-order valence-corrected chi connectivity index (χ2v) is 5.01. The van der Waals surface area contributed by atoms with Crippen molar-refractivity contribution in [2.24, 2.45) is 0 Å². The van der Waals surface area contributed by atoms with Gasteiger partial charge in [0.1, 0.15) is 17.0 Å². The van der Waals surface area contributed by atoms with Crippen LogP contribution >= 0.6 is 15.9 Å². The van der Waals surface area contributed by atoms with Crippen LogP contribution in [0.15, 0.2) is 10.7 Å². The lowest BCUT2D eigenvalue weighted by molar-refractivity contribution is 0.252. The minimum atomic E-state index is 0.300. The van der Waals surface area contributed by atoms with E-state index in [1.165, 1.54) is 0 Å². The zero-order chi connectivity index (χ0) is 12.1. The molecule has 0 spiro atoms. The molecule has 4 nitrogen and oxygen atoms in total. The van der Waals surface area contributed by atoms with E-state index >= 15 is 0 Å². The summed E-state index contributed by atoms with van der Waals surface area (Å²) in [6, 6.07) is 1.79. The first-order valence-electron chi connectivity index (χ1n) is 5.31. The summed E-state index contributed by atoms with van der Waals surface area (Å²) in [5.41, 5.74) is 0. The van der Waals surface area contributed by atoms with Crippen molar-refractivity contribution in [3.63, 3.8) is 0 Å². The van der Waals surface area contributed by atoms with Gasteiger partial charge in [0.2, 0.25) is 5.88 Å². The van der Waals surface area contributed by atoms with Gasteiger partial charge in [-0.05, 0) is 30.0 Å².